The third kappa shape index (κ3) is 5.48. The summed E-state index contributed by atoms with van der Waals surface area (Å²) in [6, 6.07) is 14.1. The maximum atomic E-state index is 11.6. The maximum absolute atomic E-state index is 11.6. The fourth-order valence-electron chi connectivity index (χ4n) is 1.78. The van der Waals surface area contributed by atoms with Crippen LogP contribution in [-0.2, 0) is 9.59 Å². The van der Waals surface area contributed by atoms with Gasteiger partial charge in [0.2, 0.25) is 0 Å². The number of hydrogen-bond donors (Lipinski definition) is 2. The number of amides is 2. The molecule has 2 N–H and O–H groups in total. The van der Waals surface area contributed by atoms with E-state index in [0.29, 0.717) is 16.5 Å². The van der Waals surface area contributed by atoms with Crippen molar-refractivity contribution in [1.82, 2.24) is 10.9 Å². The summed E-state index contributed by atoms with van der Waals surface area (Å²) in [6.45, 7) is 1.39. The van der Waals surface area contributed by atoms with Crippen LogP contribution in [0.4, 0.5) is 0 Å². The van der Waals surface area contributed by atoms with Crippen LogP contribution in [0, 0.1) is 6.92 Å². The third-order valence-electron chi connectivity index (χ3n) is 2.99. The average Bonchev–Trinajstić information content (AvgIpc) is 2.58. The zero-order valence-corrected chi connectivity index (χ0v) is 13.8. The normalized spacial score (nSPS) is 9.92. The molecule has 2 rings (SSSR count). The molecular weight excluding hydrogens is 332 g/mol. The Bertz CT molecular complexity index is 660. The SMILES string of the molecule is Cc1ccccc1OCC(=O)NNC(=O)COc1ccccc1Cl. The van der Waals surface area contributed by atoms with Gasteiger partial charge in [-0.2, -0.15) is 0 Å². The van der Waals surface area contributed by atoms with Crippen molar-refractivity contribution in [3.05, 3.63) is 59.1 Å². The predicted octanol–water partition coefficient (Wildman–Crippen LogP) is 2.25. The molecule has 0 aliphatic rings. The van der Waals surface area contributed by atoms with E-state index in [1.165, 1.54) is 0 Å². The summed E-state index contributed by atoms with van der Waals surface area (Å²) >= 11 is 5.90. The van der Waals surface area contributed by atoms with Crippen LogP contribution in [0.2, 0.25) is 5.02 Å². The smallest absolute Gasteiger partial charge is 0.276 e. The van der Waals surface area contributed by atoms with Crippen LogP contribution in [0.1, 0.15) is 5.56 Å². The first-order chi connectivity index (χ1) is 11.6. The molecule has 0 radical (unpaired) electrons. The molecule has 0 saturated carbocycles. The Morgan fingerprint density at radius 1 is 0.875 bits per heavy atom. The highest BCUT2D eigenvalue weighted by molar-refractivity contribution is 6.32. The van der Waals surface area contributed by atoms with Crippen molar-refractivity contribution in [3.63, 3.8) is 0 Å². The number of rotatable bonds is 6. The highest BCUT2D eigenvalue weighted by atomic mass is 35.5. The monoisotopic (exact) mass is 348 g/mol. The van der Waals surface area contributed by atoms with Gasteiger partial charge in [0.05, 0.1) is 5.02 Å². The number of para-hydroxylation sites is 2. The fourth-order valence-corrected chi connectivity index (χ4v) is 1.97. The van der Waals surface area contributed by atoms with E-state index >= 15 is 0 Å². The van der Waals surface area contributed by atoms with E-state index in [4.69, 9.17) is 21.1 Å². The van der Waals surface area contributed by atoms with Gasteiger partial charge in [0.1, 0.15) is 11.5 Å². The fraction of sp³-hybridized carbons (Fsp3) is 0.176. The molecule has 0 spiro atoms. The second kappa shape index (κ2) is 8.79. The van der Waals surface area contributed by atoms with Crippen LogP contribution in [-0.4, -0.2) is 25.0 Å². The molecule has 2 amide bonds. The summed E-state index contributed by atoms with van der Waals surface area (Å²) < 4.78 is 10.6. The van der Waals surface area contributed by atoms with E-state index in [1.54, 1.807) is 30.3 Å². The van der Waals surface area contributed by atoms with Gasteiger partial charge in [-0.3, -0.25) is 20.4 Å². The topological polar surface area (TPSA) is 76.7 Å². The standard InChI is InChI=1S/C17H17ClN2O4/c1-12-6-2-4-8-14(12)23-10-16(21)19-20-17(22)11-24-15-9-5-3-7-13(15)18/h2-9H,10-11H2,1H3,(H,19,21)(H,20,22). The van der Waals surface area contributed by atoms with Crippen molar-refractivity contribution < 1.29 is 19.1 Å². The van der Waals surface area contributed by atoms with Gasteiger partial charge in [0, 0.05) is 0 Å². The van der Waals surface area contributed by atoms with Crippen LogP contribution in [0.25, 0.3) is 0 Å². The molecule has 7 heteroatoms. The van der Waals surface area contributed by atoms with Crippen molar-refractivity contribution in [2.45, 2.75) is 6.92 Å². The Morgan fingerprint density at radius 3 is 1.96 bits per heavy atom. The summed E-state index contributed by atoms with van der Waals surface area (Å²) in [6.07, 6.45) is 0. The number of aryl methyl sites for hydroxylation is 1. The number of halogens is 1. The molecule has 2 aromatic carbocycles. The van der Waals surface area contributed by atoms with E-state index in [1.807, 2.05) is 25.1 Å². The Kier molecular flexibility index (Phi) is 6.45. The summed E-state index contributed by atoms with van der Waals surface area (Å²) in [4.78, 5) is 23.3. The zero-order valence-electron chi connectivity index (χ0n) is 13.0. The minimum absolute atomic E-state index is 0.212. The molecule has 0 saturated heterocycles. The Morgan fingerprint density at radius 2 is 1.38 bits per heavy atom. The second-order valence-electron chi connectivity index (χ2n) is 4.87. The minimum atomic E-state index is -0.515. The van der Waals surface area contributed by atoms with Crippen molar-refractivity contribution in [2.24, 2.45) is 0 Å². The van der Waals surface area contributed by atoms with Crippen molar-refractivity contribution in [2.75, 3.05) is 13.2 Å². The Hall–Kier alpha value is -2.73. The molecular formula is C17H17ClN2O4. The lowest BCUT2D eigenvalue weighted by atomic mass is 10.2. The highest BCUT2D eigenvalue weighted by Gasteiger charge is 2.08. The highest BCUT2D eigenvalue weighted by Crippen LogP contribution is 2.22. The van der Waals surface area contributed by atoms with E-state index < -0.39 is 11.8 Å². The molecule has 0 fully saturated rings. The summed E-state index contributed by atoms with van der Waals surface area (Å²) in [5, 5.41) is 0.404. The van der Waals surface area contributed by atoms with E-state index in [9.17, 15) is 9.59 Å². The third-order valence-corrected chi connectivity index (χ3v) is 3.30. The number of carbonyl (C=O) groups excluding carboxylic acids is 2. The van der Waals surface area contributed by atoms with Gasteiger partial charge in [-0.05, 0) is 30.7 Å². The zero-order chi connectivity index (χ0) is 17.4. The van der Waals surface area contributed by atoms with Crippen molar-refractivity contribution in [3.8, 4) is 11.5 Å². The Balaban J connectivity index is 1.69. The predicted molar refractivity (Wildman–Crippen MR) is 89.9 cm³/mol. The quantitative estimate of drug-likeness (QED) is 0.785. The lowest BCUT2D eigenvalue weighted by molar-refractivity contribution is -0.131. The van der Waals surface area contributed by atoms with Crippen LogP contribution in [0.15, 0.2) is 48.5 Å². The van der Waals surface area contributed by atoms with Gasteiger partial charge >= 0.3 is 0 Å². The summed E-state index contributed by atoms with van der Waals surface area (Å²) in [5.74, 6) is 0.00747. The van der Waals surface area contributed by atoms with Crippen LogP contribution in [0.5, 0.6) is 11.5 Å². The van der Waals surface area contributed by atoms with Gasteiger partial charge < -0.3 is 9.47 Å². The van der Waals surface area contributed by atoms with Gasteiger partial charge in [-0.25, -0.2) is 0 Å². The first-order valence-electron chi connectivity index (χ1n) is 7.19. The van der Waals surface area contributed by atoms with Crippen LogP contribution in [0.3, 0.4) is 0 Å². The molecule has 24 heavy (non-hydrogen) atoms. The first-order valence-corrected chi connectivity index (χ1v) is 7.57. The first kappa shape index (κ1) is 17.6. The minimum Gasteiger partial charge on any atom is -0.483 e. The number of carbonyl (C=O) groups is 2. The number of hydrogen-bond acceptors (Lipinski definition) is 4. The lowest BCUT2D eigenvalue weighted by Gasteiger charge is -2.11. The lowest BCUT2D eigenvalue weighted by Crippen LogP contribution is -2.45. The van der Waals surface area contributed by atoms with E-state index in [-0.39, 0.29) is 13.2 Å². The molecule has 0 aliphatic heterocycles. The van der Waals surface area contributed by atoms with Gasteiger partial charge in [0.15, 0.2) is 13.2 Å². The molecule has 0 atom stereocenters. The van der Waals surface area contributed by atoms with Gasteiger partial charge in [-0.1, -0.05) is 41.9 Å². The second-order valence-corrected chi connectivity index (χ2v) is 5.28. The van der Waals surface area contributed by atoms with Gasteiger partial charge in [0.25, 0.3) is 11.8 Å². The molecule has 0 unspecified atom stereocenters. The number of benzene rings is 2. The number of hydrazine groups is 1. The van der Waals surface area contributed by atoms with Crippen LogP contribution >= 0.6 is 11.6 Å². The van der Waals surface area contributed by atoms with E-state index in [2.05, 4.69) is 10.9 Å². The molecule has 0 aliphatic carbocycles. The van der Waals surface area contributed by atoms with Gasteiger partial charge in [-0.15, -0.1) is 0 Å². The molecule has 0 bridgehead atoms. The molecule has 0 aromatic heterocycles. The molecule has 126 valence electrons. The van der Waals surface area contributed by atoms with Crippen LogP contribution < -0.4 is 20.3 Å². The largest absolute Gasteiger partial charge is 0.483 e. The molecule has 6 nitrogen and oxygen atoms in total. The van der Waals surface area contributed by atoms with Crippen molar-refractivity contribution >= 4 is 23.4 Å². The number of nitrogens with one attached hydrogen (secondary N) is 2. The molecule has 2 aromatic rings. The number of ether oxygens (including phenoxy) is 2. The Labute approximate surface area is 144 Å². The van der Waals surface area contributed by atoms with E-state index in [0.717, 1.165) is 5.56 Å². The summed E-state index contributed by atoms with van der Waals surface area (Å²) in [7, 11) is 0. The summed E-state index contributed by atoms with van der Waals surface area (Å²) in [5.41, 5.74) is 5.40. The maximum Gasteiger partial charge on any atom is 0.276 e. The molecule has 0 heterocycles. The average molecular weight is 349 g/mol. The van der Waals surface area contributed by atoms with Crippen molar-refractivity contribution in [1.29, 1.82) is 0 Å².